The zero-order valence-electron chi connectivity index (χ0n) is 73.1. The van der Waals surface area contributed by atoms with E-state index in [9.17, 15) is 57.1 Å². The Morgan fingerprint density at radius 2 is 0.670 bits per heavy atom. The highest BCUT2D eigenvalue weighted by Crippen LogP contribution is 2.64. The molecular weight excluding hydrogens is 1290 g/mol. The molecule has 6 saturated carbocycles. The van der Waals surface area contributed by atoms with Crippen molar-refractivity contribution in [3.8, 4) is 0 Å². The van der Waals surface area contributed by atoms with E-state index in [1.807, 2.05) is 0 Å². The first-order chi connectivity index (χ1) is 44.0. The minimum absolute atomic E-state index is 0.0149. The van der Waals surface area contributed by atoms with Crippen LogP contribution in [0.2, 0.25) is 0 Å². The fourth-order valence-corrected chi connectivity index (χ4v) is 14.6. The van der Waals surface area contributed by atoms with Crippen molar-refractivity contribution in [1.29, 1.82) is 0 Å². The summed E-state index contributed by atoms with van der Waals surface area (Å²) in [5, 5.41) is 0. The van der Waals surface area contributed by atoms with Crippen LogP contribution >= 0.6 is 0 Å². The fraction of sp³-hybridized carbons (Fsp3) is 1.00. The topological polar surface area (TPSA) is 0 Å². The van der Waals surface area contributed by atoms with Gasteiger partial charge in [-0.25, -0.2) is 4.39 Å². The van der Waals surface area contributed by atoms with Crippen LogP contribution in [-0.4, -0.2) is 30.4 Å². The molecule has 1 spiro atoms. The minimum atomic E-state index is -5.20. The van der Waals surface area contributed by atoms with Gasteiger partial charge >= 0.3 is 24.7 Å². The van der Waals surface area contributed by atoms with Gasteiger partial charge < -0.3 is 0 Å². The summed E-state index contributed by atoms with van der Waals surface area (Å²) in [4.78, 5) is 0. The zero-order chi connectivity index (χ0) is 81.2. The molecule has 0 saturated heterocycles. The first kappa shape index (κ1) is 108. The van der Waals surface area contributed by atoms with E-state index in [1.54, 1.807) is 20.8 Å². The molecule has 1 atom stereocenters. The highest BCUT2D eigenvalue weighted by molar-refractivity contribution is 5.02. The van der Waals surface area contributed by atoms with Crippen molar-refractivity contribution < 1.29 is 57.1 Å². The van der Waals surface area contributed by atoms with E-state index >= 15 is 0 Å². The summed E-state index contributed by atoms with van der Waals surface area (Å²) in [6, 6.07) is 0. The van der Waals surface area contributed by atoms with Crippen LogP contribution in [0.4, 0.5) is 57.1 Å². The molecule has 0 aromatic carbocycles. The standard InChI is InChI=1S/C14H20F6.C10H21F.C10H18.C10H22.C9H12F6.C9H20.2C7H16.C6H14.C5H12/c1-10-2-4-11(5-3-10)6-8-12(9-7-11,13(15,16)17)14(18,19)20;1-7(2)9(8(3)4)10(5,6)11;1-8-7-9-3-5-10(8,2)6-4-9;1-7-10(6,8-2)9(3,4)5;1-6-2-4-7(5-3-6,8(10,11)12)9(13,14)15;1-6-8(7-2)9(3,4)5;1-6(2)7(3,4)5;1-5-6-7(2,3)4;1-5-6(2,3)4;1-5(2,3)4/h10H,2-9H2,1H3;7-9H,1-6H3;8-9H,3-7H2,1-2H3;7-8H2,1-6H3;6H,2-5H2,1H3;8H,6-7H2,1-5H3;6H,1-5H3;5-6H2,1-4H3;5H2,1-4H3;1-4H3/t;;8-,9?,10?;;;;;;;/m..0......./s1. The fourth-order valence-electron chi connectivity index (χ4n) is 14.6. The van der Waals surface area contributed by atoms with Gasteiger partial charge in [0, 0.05) is 0 Å². The predicted molar refractivity (Wildman–Crippen MR) is 413 cm³/mol. The van der Waals surface area contributed by atoms with Crippen molar-refractivity contribution in [2.24, 2.45) is 113 Å². The molecule has 2 bridgehead atoms. The molecule has 6 rings (SSSR count). The maximum absolute atomic E-state index is 13.6. The Hall–Kier alpha value is -0.910. The minimum Gasteiger partial charge on any atom is -0.244 e. The van der Waals surface area contributed by atoms with Gasteiger partial charge in [0.15, 0.2) is 10.8 Å². The van der Waals surface area contributed by atoms with Crippen LogP contribution in [0, 0.1) is 113 Å². The van der Waals surface area contributed by atoms with Gasteiger partial charge in [-0.05, 0) is 219 Å². The number of hydrogen-bond donors (Lipinski definition) is 0. The molecular formula is C87H171F13. The molecule has 610 valence electrons. The van der Waals surface area contributed by atoms with Gasteiger partial charge in [-0.2, -0.15) is 52.7 Å². The third kappa shape index (κ3) is 41.4. The SMILES string of the molecule is CC(C)(C)C.CC(C)C(C(C)C)C(C)(C)F.CC(C)C(C)(C)C.CC1CCC(C(F)(F)F)(C(F)(F)F)CC1.CC1CCC2(CC1)CCC(C(F)(F)F)(C(F)(F)F)CC2.CCC(C)(C)C.CCC(C)(CC)C(C)(C)C.CCC(CC)C(C)(C)C.CCCC(C)(C)C.C[C@H]1CC2CCC1(C)CC2. The Balaban J connectivity index is -0.000000344. The van der Waals surface area contributed by atoms with Crippen molar-refractivity contribution in [3.63, 3.8) is 0 Å². The van der Waals surface area contributed by atoms with Crippen molar-refractivity contribution in [2.75, 3.05) is 0 Å². The van der Waals surface area contributed by atoms with E-state index in [0.29, 0.717) is 55.7 Å². The summed E-state index contributed by atoms with van der Waals surface area (Å²) < 4.78 is 166. The summed E-state index contributed by atoms with van der Waals surface area (Å²) in [7, 11) is 0. The molecule has 13 heteroatoms. The van der Waals surface area contributed by atoms with E-state index < -0.39 is 66.9 Å². The van der Waals surface area contributed by atoms with Gasteiger partial charge in [-0.15, -0.1) is 0 Å². The Morgan fingerprint density at radius 1 is 0.380 bits per heavy atom. The van der Waals surface area contributed by atoms with Crippen LogP contribution in [0.3, 0.4) is 0 Å². The number of alkyl halides is 13. The first-order valence-corrected chi connectivity index (χ1v) is 40.0. The van der Waals surface area contributed by atoms with Gasteiger partial charge in [0.05, 0.1) is 0 Å². The van der Waals surface area contributed by atoms with Gasteiger partial charge in [0.1, 0.15) is 5.67 Å². The Labute approximate surface area is 614 Å². The molecule has 0 aromatic rings. The predicted octanol–water partition coefficient (Wildman–Crippen LogP) is 34.4. The molecule has 0 heterocycles. The van der Waals surface area contributed by atoms with Crippen LogP contribution in [0.5, 0.6) is 0 Å². The molecule has 6 aliphatic rings. The molecule has 100 heavy (non-hydrogen) atoms. The van der Waals surface area contributed by atoms with Crippen molar-refractivity contribution in [1.82, 2.24) is 0 Å². The summed E-state index contributed by atoms with van der Waals surface area (Å²) in [6.45, 7) is 83.9. The number of halogens is 13. The summed E-state index contributed by atoms with van der Waals surface area (Å²) in [5.74, 6) is 5.33. The lowest BCUT2D eigenvalue weighted by Gasteiger charge is -2.49. The maximum Gasteiger partial charge on any atom is 0.403 e. The molecule has 0 aliphatic heterocycles. The van der Waals surface area contributed by atoms with Gasteiger partial charge in [-0.1, -0.05) is 301 Å². The van der Waals surface area contributed by atoms with Crippen LogP contribution in [-0.2, 0) is 0 Å². The highest BCUT2D eigenvalue weighted by atomic mass is 19.4. The van der Waals surface area contributed by atoms with E-state index in [4.69, 9.17) is 0 Å². The number of fused-ring (bicyclic) bond motifs is 3. The van der Waals surface area contributed by atoms with Crippen LogP contribution in [0.15, 0.2) is 0 Å². The average Bonchev–Trinajstić information content (AvgIpc) is 0.746. The second-order valence-electron chi connectivity index (χ2n) is 41.5. The van der Waals surface area contributed by atoms with Crippen molar-refractivity contribution >= 4 is 0 Å². The molecule has 6 aliphatic carbocycles. The van der Waals surface area contributed by atoms with E-state index in [0.717, 1.165) is 54.8 Å². The van der Waals surface area contributed by atoms with Gasteiger partial charge in [0.25, 0.3) is 0 Å². The molecule has 0 radical (unpaired) electrons. The summed E-state index contributed by atoms with van der Waals surface area (Å²) in [6.07, 6.45) is -3.82. The summed E-state index contributed by atoms with van der Waals surface area (Å²) >= 11 is 0. The van der Waals surface area contributed by atoms with Crippen LogP contribution in [0.1, 0.15) is 417 Å². The molecule has 0 unspecified atom stereocenters. The quantitative estimate of drug-likeness (QED) is 0.213. The lowest BCUT2D eigenvalue weighted by molar-refractivity contribution is -0.354. The zero-order valence-corrected chi connectivity index (χ0v) is 73.1. The number of rotatable bonds is 8. The monoisotopic (exact) mass is 1460 g/mol. The van der Waals surface area contributed by atoms with Crippen LogP contribution < -0.4 is 0 Å². The van der Waals surface area contributed by atoms with Crippen molar-refractivity contribution in [3.05, 3.63) is 0 Å². The second kappa shape index (κ2) is 43.3. The molecule has 0 nitrogen and oxygen atoms in total. The number of hydrogen-bond acceptors (Lipinski definition) is 0. The molecule has 6 fully saturated rings. The maximum atomic E-state index is 13.6. The average molecular weight is 1460 g/mol. The third-order valence-corrected chi connectivity index (χ3v) is 24.5. The molecule has 0 aromatic heterocycles. The van der Waals surface area contributed by atoms with Gasteiger partial charge in [-0.3, -0.25) is 0 Å². The Bertz CT molecular complexity index is 1960. The van der Waals surface area contributed by atoms with E-state index in [2.05, 4.69) is 242 Å². The molecule has 0 N–H and O–H groups in total. The normalized spacial score (nSPS) is 21.6. The van der Waals surface area contributed by atoms with Gasteiger partial charge in [0.2, 0.25) is 0 Å². The largest absolute Gasteiger partial charge is 0.403 e. The Morgan fingerprint density at radius 3 is 0.800 bits per heavy atom. The Kier molecular flexibility index (Phi) is 46.7. The first-order valence-electron chi connectivity index (χ1n) is 40.0. The summed E-state index contributed by atoms with van der Waals surface area (Å²) in [5.41, 5.74) is -3.92. The highest BCUT2D eigenvalue weighted by Gasteiger charge is 2.72. The van der Waals surface area contributed by atoms with E-state index in [1.165, 1.54) is 77.0 Å². The van der Waals surface area contributed by atoms with Crippen molar-refractivity contribution in [2.45, 2.75) is 448 Å². The second-order valence-corrected chi connectivity index (χ2v) is 41.5. The molecule has 0 amide bonds. The lowest BCUT2D eigenvalue weighted by atomic mass is 9.57. The van der Waals surface area contributed by atoms with Crippen LogP contribution in [0.25, 0.3) is 0 Å². The lowest BCUT2D eigenvalue weighted by Crippen LogP contribution is -2.53. The van der Waals surface area contributed by atoms with E-state index in [-0.39, 0.29) is 42.9 Å². The third-order valence-electron chi connectivity index (χ3n) is 24.5. The smallest absolute Gasteiger partial charge is 0.244 e.